The van der Waals surface area contributed by atoms with E-state index in [0.29, 0.717) is 11.6 Å². The molecular formula is C16H19N3O2S. The Morgan fingerprint density at radius 1 is 1.55 bits per heavy atom. The van der Waals surface area contributed by atoms with Crippen molar-refractivity contribution in [3.05, 3.63) is 29.1 Å². The minimum absolute atomic E-state index is 0.176. The molecule has 0 saturated carbocycles. The van der Waals surface area contributed by atoms with Crippen LogP contribution in [0.2, 0.25) is 0 Å². The summed E-state index contributed by atoms with van der Waals surface area (Å²) in [6.45, 7) is 2.75. The summed E-state index contributed by atoms with van der Waals surface area (Å²) < 4.78 is 5.51. The molecule has 0 spiro atoms. The molecule has 1 atom stereocenters. The number of rotatable bonds is 5. The number of aromatic nitrogens is 1. The van der Waals surface area contributed by atoms with Crippen molar-refractivity contribution >= 4 is 22.4 Å². The van der Waals surface area contributed by atoms with Gasteiger partial charge in [-0.2, -0.15) is 0 Å². The Labute approximate surface area is 133 Å². The summed E-state index contributed by atoms with van der Waals surface area (Å²) >= 11 is 1.41. The average Bonchev–Trinajstić information content (AvgIpc) is 3.15. The Morgan fingerprint density at radius 3 is 3.23 bits per heavy atom. The lowest BCUT2D eigenvalue weighted by molar-refractivity contribution is -0.117. The van der Waals surface area contributed by atoms with E-state index in [1.807, 2.05) is 24.4 Å². The number of carbonyl (C=O) groups is 1. The molecule has 0 aliphatic carbocycles. The fraction of sp³-hybridized carbons (Fsp3) is 0.375. The maximum atomic E-state index is 11.9. The number of amides is 1. The largest absolute Gasteiger partial charge is 0.493 e. The van der Waals surface area contributed by atoms with Crippen LogP contribution in [0.5, 0.6) is 5.75 Å². The molecule has 2 aromatic rings. The van der Waals surface area contributed by atoms with E-state index in [-0.39, 0.29) is 5.91 Å². The summed E-state index contributed by atoms with van der Waals surface area (Å²) in [7, 11) is 0. The van der Waals surface area contributed by atoms with Gasteiger partial charge in [-0.3, -0.25) is 4.79 Å². The standard InChI is InChI=1S/C16H19N3O2S/c1-2-3-12(17)15(20)19-16-18-13(9-22-16)10-4-5-14-11(8-10)6-7-21-14/h4-5,8-9,12H,2-3,6-7,17H2,1H3,(H,18,19,20). The highest BCUT2D eigenvalue weighted by molar-refractivity contribution is 7.14. The fourth-order valence-electron chi connectivity index (χ4n) is 2.45. The zero-order chi connectivity index (χ0) is 15.5. The van der Waals surface area contributed by atoms with E-state index >= 15 is 0 Å². The first kappa shape index (κ1) is 15.0. The number of hydrogen-bond acceptors (Lipinski definition) is 5. The number of ether oxygens (including phenoxy) is 1. The van der Waals surface area contributed by atoms with Gasteiger partial charge in [-0.05, 0) is 30.2 Å². The summed E-state index contributed by atoms with van der Waals surface area (Å²) in [6.07, 6.45) is 2.49. The molecule has 1 aromatic heterocycles. The minimum Gasteiger partial charge on any atom is -0.493 e. The first-order valence-corrected chi connectivity index (χ1v) is 8.33. The van der Waals surface area contributed by atoms with E-state index < -0.39 is 6.04 Å². The van der Waals surface area contributed by atoms with Crippen LogP contribution in [-0.4, -0.2) is 23.5 Å². The van der Waals surface area contributed by atoms with Crippen molar-refractivity contribution < 1.29 is 9.53 Å². The highest BCUT2D eigenvalue weighted by Gasteiger charge is 2.16. The molecule has 1 aliphatic heterocycles. The van der Waals surface area contributed by atoms with E-state index in [0.717, 1.165) is 36.5 Å². The van der Waals surface area contributed by atoms with Crippen LogP contribution >= 0.6 is 11.3 Å². The van der Waals surface area contributed by atoms with Gasteiger partial charge in [0, 0.05) is 17.4 Å². The van der Waals surface area contributed by atoms with Crippen molar-refractivity contribution in [2.45, 2.75) is 32.2 Å². The third kappa shape index (κ3) is 3.13. The third-order valence-corrected chi connectivity index (χ3v) is 4.41. The van der Waals surface area contributed by atoms with Crippen LogP contribution in [0, 0.1) is 0 Å². The second kappa shape index (κ2) is 6.46. The van der Waals surface area contributed by atoms with Gasteiger partial charge in [-0.15, -0.1) is 11.3 Å². The molecule has 1 amide bonds. The molecule has 5 nitrogen and oxygen atoms in total. The number of nitrogens with zero attached hydrogens (tertiary/aromatic N) is 1. The molecule has 1 aliphatic rings. The number of nitrogens with one attached hydrogen (secondary N) is 1. The van der Waals surface area contributed by atoms with Gasteiger partial charge in [-0.1, -0.05) is 13.3 Å². The summed E-state index contributed by atoms with van der Waals surface area (Å²) in [5, 5.41) is 5.32. The molecular weight excluding hydrogens is 298 g/mol. The van der Waals surface area contributed by atoms with E-state index in [1.165, 1.54) is 16.9 Å². The Bertz CT molecular complexity index is 684. The SMILES string of the molecule is CCCC(N)C(=O)Nc1nc(-c2ccc3c(c2)CCO3)cs1. The maximum Gasteiger partial charge on any atom is 0.243 e. The molecule has 116 valence electrons. The molecule has 22 heavy (non-hydrogen) atoms. The quantitative estimate of drug-likeness (QED) is 0.889. The zero-order valence-corrected chi connectivity index (χ0v) is 13.3. The topological polar surface area (TPSA) is 77.2 Å². The molecule has 1 aromatic carbocycles. The molecule has 3 rings (SSSR count). The molecule has 1 unspecified atom stereocenters. The first-order chi connectivity index (χ1) is 10.7. The zero-order valence-electron chi connectivity index (χ0n) is 12.5. The average molecular weight is 317 g/mol. The lowest BCUT2D eigenvalue weighted by Crippen LogP contribution is -2.35. The van der Waals surface area contributed by atoms with Gasteiger partial charge in [0.2, 0.25) is 5.91 Å². The van der Waals surface area contributed by atoms with Crippen molar-refractivity contribution in [2.75, 3.05) is 11.9 Å². The van der Waals surface area contributed by atoms with E-state index in [2.05, 4.69) is 16.4 Å². The third-order valence-electron chi connectivity index (χ3n) is 3.66. The predicted octanol–water partition coefficient (Wildman–Crippen LogP) is 2.81. The fourth-order valence-corrected chi connectivity index (χ4v) is 3.17. The smallest absolute Gasteiger partial charge is 0.243 e. The number of hydrogen-bond donors (Lipinski definition) is 2. The van der Waals surface area contributed by atoms with Crippen LogP contribution in [-0.2, 0) is 11.2 Å². The van der Waals surface area contributed by atoms with E-state index in [9.17, 15) is 4.79 Å². The Kier molecular flexibility index (Phi) is 4.40. The van der Waals surface area contributed by atoms with Crippen LogP contribution in [0.25, 0.3) is 11.3 Å². The summed E-state index contributed by atoms with van der Waals surface area (Å²) in [5.41, 5.74) is 8.92. The molecule has 2 heterocycles. The first-order valence-electron chi connectivity index (χ1n) is 7.45. The van der Waals surface area contributed by atoms with Gasteiger partial charge in [0.1, 0.15) is 5.75 Å². The van der Waals surface area contributed by atoms with Crippen LogP contribution in [0.4, 0.5) is 5.13 Å². The number of thiazole rings is 1. The number of anilines is 1. The van der Waals surface area contributed by atoms with Crippen LogP contribution in [0.1, 0.15) is 25.3 Å². The van der Waals surface area contributed by atoms with Crippen molar-refractivity contribution in [2.24, 2.45) is 5.73 Å². The van der Waals surface area contributed by atoms with Crippen LogP contribution in [0.15, 0.2) is 23.6 Å². The minimum atomic E-state index is -0.477. The Hall–Kier alpha value is -1.92. The number of nitrogens with two attached hydrogens (primary N) is 1. The van der Waals surface area contributed by atoms with Gasteiger partial charge >= 0.3 is 0 Å². The summed E-state index contributed by atoms with van der Waals surface area (Å²) in [6, 6.07) is 5.60. The van der Waals surface area contributed by atoms with Crippen LogP contribution < -0.4 is 15.8 Å². The van der Waals surface area contributed by atoms with Crippen molar-refractivity contribution in [3.63, 3.8) is 0 Å². The molecule has 6 heteroatoms. The van der Waals surface area contributed by atoms with Gasteiger partial charge in [0.05, 0.1) is 18.3 Å². The maximum absolute atomic E-state index is 11.9. The number of fused-ring (bicyclic) bond motifs is 1. The number of benzene rings is 1. The second-order valence-electron chi connectivity index (χ2n) is 5.34. The van der Waals surface area contributed by atoms with Crippen molar-refractivity contribution in [1.29, 1.82) is 0 Å². The molecule has 3 N–H and O–H groups in total. The van der Waals surface area contributed by atoms with Gasteiger partial charge in [0.25, 0.3) is 0 Å². The van der Waals surface area contributed by atoms with Crippen molar-refractivity contribution in [3.8, 4) is 17.0 Å². The predicted molar refractivity (Wildman–Crippen MR) is 88.3 cm³/mol. The molecule has 0 saturated heterocycles. The lowest BCUT2D eigenvalue weighted by Gasteiger charge is -2.08. The van der Waals surface area contributed by atoms with E-state index in [4.69, 9.17) is 10.5 Å². The monoisotopic (exact) mass is 317 g/mol. The Morgan fingerprint density at radius 2 is 2.41 bits per heavy atom. The van der Waals surface area contributed by atoms with Crippen molar-refractivity contribution in [1.82, 2.24) is 4.98 Å². The second-order valence-corrected chi connectivity index (χ2v) is 6.20. The highest BCUT2D eigenvalue weighted by atomic mass is 32.1. The van der Waals surface area contributed by atoms with Gasteiger partial charge < -0.3 is 15.8 Å². The van der Waals surface area contributed by atoms with E-state index in [1.54, 1.807) is 0 Å². The normalized spacial score (nSPS) is 14.3. The van der Waals surface area contributed by atoms with Gasteiger partial charge in [0.15, 0.2) is 5.13 Å². The molecule has 0 fully saturated rings. The van der Waals surface area contributed by atoms with Crippen LogP contribution in [0.3, 0.4) is 0 Å². The molecule has 0 bridgehead atoms. The lowest BCUT2D eigenvalue weighted by atomic mass is 10.1. The Balaban J connectivity index is 1.72. The summed E-state index contributed by atoms with van der Waals surface area (Å²) in [4.78, 5) is 16.4. The molecule has 0 radical (unpaired) electrons. The van der Waals surface area contributed by atoms with Gasteiger partial charge in [-0.25, -0.2) is 4.98 Å². The number of carbonyl (C=O) groups excluding carboxylic acids is 1. The highest BCUT2D eigenvalue weighted by Crippen LogP contribution is 2.31. The summed E-state index contributed by atoms with van der Waals surface area (Å²) in [5.74, 6) is 0.781.